The van der Waals surface area contributed by atoms with Crippen molar-refractivity contribution in [3.05, 3.63) is 28.7 Å². The Morgan fingerprint density at radius 1 is 1.52 bits per heavy atom. The molecule has 1 amide bonds. The zero-order valence-corrected chi connectivity index (χ0v) is 13.9. The lowest BCUT2D eigenvalue weighted by Crippen LogP contribution is -2.33. The highest BCUT2D eigenvalue weighted by Crippen LogP contribution is 2.34. The van der Waals surface area contributed by atoms with E-state index in [4.69, 9.17) is 17.0 Å². The number of nitrogens with zero attached hydrogens (tertiary/aromatic N) is 1. The van der Waals surface area contributed by atoms with Gasteiger partial charge in [0.1, 0.15) is 4.32 Å². The van der Waals surface area contributed by atoms with E-state index in [1.165, 1.54) is 11.0 Å². The number of carbonyl (C=O) groups excluding carboxylic acids is 2. The molecule has 1 aliphatic rings. The maximum atomic E-state index is 12.3. The van der Waals surface area contributed by atoms with Gasteiger partial charge in [-0.05, 0) is 30.7 Å². The predicted molar refractivity (Wildman–Crippen MR) is 88.8 cm³/mol. The Bertz CT molecular complexity index is 686. The van der Waals surface area contributed by atoms with E-state index in [9.17, 15) is 19.8 Å². The Morgan fingerprint density at radius 3 is 2.91 bits per heavy atom. The molecule has 8 heteroatoms. The number of rotatable bonds is 6. The summed E-state index contributed by atoms with van der Waals surface area (Å²) in [7, 11) is 0. The number of aromatic hydroxyl groups is 1. The van der Waals surface area contributed by atoms with E-state index in [2.05, 4.69) is 0 Å². The predicted octanol–water partition coefficient (Wildman–Crippen LogP) is 1.13. The molecule has 0 unspecified atom stereocenters. The smallest absolute Gasteiger partial charge is 0.266 e. The fraction of sp³-hybridized carbons (Fsp3) is 0.267. The van der Waals surface area contributed by atoms with Crippen LogP contribution in [0, 0.1) is 0 Å². The summed E-state index contributed by atoms with van der Waals surface area (Å²) in [6, 6.07) is 4.74. The first-order valence-electron chi connectivity index (χ1n) is 6.83. The van der Waals surface area contributed by atoms with Crippen LogP contribution in [0.4, 0.5) is 0 Å². The minimum atomic E-state index is -1.23. The standard InChI is InChI=1S/C15H15NO5S2/c1-2-21-11-7-9(3-4-10(11)17)8-12-14(20)16(15(22)23-12)6-5-13(18)19/h3-4,7-8,17H,2,5-6H2,1H3,(H,18,19)/p-1. The number of thiocarbonyl (C=S) groups is 1. The number of benzene rings is 1. The monoisotopic (exact) mass is 352 g/mol. The van der Waals surface area contributed by atoms with E-state index in [1.54, 1.807) is 25.1 Å². The number of phenols is 1. The van der Waals surface area contributed by atoms with Crippen LogP contribution in [0.5, 0.6) is 11.5 Å². The summed E-state index contributed by atoms with van der Waals surface area (Å²) in [6.45, 7) is 2.20. The number of ether oxygens (including phenoxy) is 1. The third-order valence-corrected chi connectivity index (χ3v) is 4.37. The van der Waals surface area contributed by atoms with Crippen LogP contribution in [0.3, 0.4) is 0 Å². The molecule has 0 atom stereocenters. The number of hydrogen-bond donors (Lipinski definition) is 1. The second-order valence-electron chi connectivity index (χ2n) is 4.62. The molecule has 1 aromatic rings. The minimum absolute atomic E-state index is 0.00981. The molecule has 6 nitrogen and oxygen atoms in total. The van der Waals surface area contributed by atoms with Crippen LogP contribution in [0.25, 0.3) is 6.08 Å². The third-order valence-electron chi connectivity index (χ3n) is 2.99. The van der Waals surface area contributed by atoms with Crippen molar-refractivity contribution in [3.63, 3.8) is 0 Å². The first kappa shape index (κ1) is 17.3. The fourth-order valence-corrected chi connectivity index (χ4v) is 3.25. The highest BCUT2D eigenvalue weighted by Gasteiger charge is 2.31. The first-order valence-corrected chi connectivity index (χ1v) is 8.06. The van der Waals surface area contributed by atoms with Crippen molar-refractivity contribution >= 4 is 46.3 Å². The summed E-state index contributed by atoms with van der Waals surface area (Å²) in [4.78, 5) is 24.4. The molecule has 0 aromatic heterocycles. The summed E-state index contributed by atoms with van der Waals surface area (Å²) in [6.07, 6.45) is 1.35. The quantitative estimate of drug-likeness (QED) is 0.606. The molecule has 0 saturated carbocycles. The molecule has 1 heterocycles. The lowest BCUT2D eigenvalue weighted by molar-refractivity contribution is -0.305. The van der Waals surface area contributed by atoms with Crippen LogP contribution < -0.4 is 9.84 Å². The number of aliphatic carboxylic acids is 1. The molecule has 2 rings (SSSR count). The van der Waals surface area contributed by atoms with Crippen LogP contribution in [0.1, 0.15) is 18.9 Å². The van der Waals surface area contributed by atoms with Crippen molar-refractivity contribution in [2.45, 2.75) is 13.3 Å². The number of hydrogen-bond acceptors (Lipinski definition) is 7. The van der Waals surface area contributed by atoms with E-state index in [1.807, 2.05) is 0 Å². The van der Waals surface area contributed by atoms with Crippen molar-refractivity contribution in [2.75, 3.05) is 13.2 Å². The van der Waals surface area contributed by atoms with Crippen molar-refractivity contribution < 1.29 is 24.5 Å². The fourth-order valence-electron chi connectivity index (χ4n) is 1.94. The molecule has 0 radical (unpaired) electrons. The summed E-state index contributed by atoms with van der Waals surface area (Å²) >= 11 is 6.20. The molecule has 0 aliphatic carbocycles. The largest absolute Gasteiger partial charge is 0.550 e. The maximum absolute atomic E-state index is 12.3. The van der Waals surface area contributed by atoms with Crippen molar-refractivity contribution in [1.82, 2.24) is 4.90 Å². The molecule has 0 bridgehead atoms. The average Bonchev–Trinajstić information content (AvgIpc) is 2.75. The van der Waals surface area contributed by atoms with E-state index < -0.39 is 5.97 Å². The van der Waals surface area contributed by atoms with Gasteiger partial charge in [0.2, 0.25) is 0 Å². The summed E-state index contributed by atoms with van der Waals surface area (Å²) < 4.78 is 5.61. The Morgan fingerprint density at radius 2 is 2.26 bits per heavy atom. The Hall–Kier alpha value is -2.06. The molecule has 122 valence electrons. The second kappa shape index (κ2) is 7.47. The SMILES string of the molecule is CCOc1cc(C=C2SC(=S)N(CCC(=O)[O-])C2=O)ccc1O. The van der Waals surface area contributed by atoms with E-state index in [0.717, 1.165) is 11.8 Å². The van der Waals surface area contributed by atoms with Gasteiger partial charge in [-0.2, -0.15) is 0 Å². The Balaban J connectivity index is 2.20. The Kier molecular flexibility index (Phi) is 5.62. The first-order chi connectivity index (χ1) is 10.9. The number of thioether (sulfide) groups is 1. The zero-order valence-electron chi connectivity index (χ0n) is 12.3. The number of carboxylic acids is 1. The van der Waals surface area contributed by atoms with Crippen LogP contribution in [-0.4, -0.2) is 39.4 Å². The van der Waals surface area contributed by atoms with Gasteiger partial charge in [0.05, 0.1) is 11.5 Å². The van der Waals surface area contributed by atoms with Crippen molar-refractivity contribution in [2.24, 2.45) is 0 Å². The van der Waals surface area contributed by atoms with Gasteiger partial charge in [0.25, 0.3) is 5.91 Å². The molecule has 1 aromatic carbocycles. The number of carbonyl (C=O) groups is 2. The van der Waals surface area contributed by atoms with Crippen LogP contribution >= 0.6 is 24.0 Å². The lowest BCUT2D eigenvalue weighted by Gasteiger charge is -2.14. The van der Waals surface area contributed by atoms with Crippen LogP contribution in [0.15, 0.2) is 23.1 Å². The normalized spacial score (nSPS) is 16.2. The molecule has 23 heavy (non-hydrogen) atoms. The van der Waals surface area contributed by atoms with Gasteiger partial charge in [-0.15, -0.1) is 0 Å². The molecule has 0 spiro atoms. The summed E-state index contributed by atoms with van der Waals surface area (Å²) in [5, 5.41) is 20.2. The number of carboxylic acid groups (broad SMARTS) is 1. The van der Waals surface area contributed by atoms with Gasteiger partial charge in [-0.3, -0.25) is 9.69 Å². The van der Waals surface area contributed by atoms with E-state index in [0.29, 0.717) is 27.1 Å². The lowest BCUT2D eigenvalue weighted by atomic mass is 10.2. The molecule has 1 fully saturated rings. The molecule has 1 saturated heterocycles. The molecule has 1 aliphatic heterocycles. The highest BCUT2D eigenvalue weighted by molar-refractivity contribution is 8.26. The van der Waals surface area contributed by atoms with Gasteiger partial charge in [-0.1, -0.05) is 30.0 Å². The van der Waals surface area contributed by atoms with Crippen LogP contribution in [-0.2, 0) is 9.59 Å². The van der Waals surface area contributed by atoms with Crippen LogP contribution in [0.2, 0.25) is 0 Å². The van der Waals surface area contributed by atoms with E-state index in [-0.39, 0.29) is 24.6 Å². The van der Waals surface area contributed by atoms with Gasteiger partial charge < -0.3 is 19.7 Å². The summed E-state index contributed by atoms with van der Waals surface area (Å²) in [5.74, 6) is -1.23. The minimum Gasteiger partial charge on any atom is -0.550 e. The summed E-state index contributed by atoms with van der Waals surface area (Å²) in [5.41, 5.74) is 0.673. The van der Waals surface area contributed by atoms with Gasteiger partial charge in [-0.25, -0.2) is 0 Å². The van der Waals surface area contributed by atoms with E-state index >= 15 is 0 Å². The van der Waals surface area contributed by atoms with Gasteiger partial charge in [0.15, 0.2) is 11.5 Å². The third kappa shape index (κ3) is 4.23. The van der Waals surface area contributed by atoms with Crippen molar-refractivity contribution in [3.8, 4) is 11.5 Å². The molecular weight excluding hydrogens is 338 g/mol. The topological polar surface area (TPSA) is 89.9 Å². The van der Waals surface area contributed by atoms with Gasteiger partial charge in [0, 0.05) is 18.9 Å². The highest BCUT2D eigenvalue weighted by atomic mass is 32.2. The average molecular weight is 352 g/mol. The number of phenolic OH excluding ortho intramolecular Hbond substituents is 1. The van der Waals surface area contributed by atoms with Crippen molar-refractivity contribution in [1.29, 1.82) is 0 Å². The maximum Gasteiger partial charge on any atom is 0.266 e. The molecular formula is C15H14NO5S2-. The zero-order chi connectivity index (χ0) is 17.0. The Labute approximate surface area is 142 Å². The molecule has 1 N–H and O–H groups in total. The second-order valence-corrected chi connectivity index (χ2v) is 6.29. The number of amides is 1. The van der Waals surface area contributed by atoms with Gasteiger partial charge >= 0.3 is 0 Å².